The number of hydrogen-bond donors (Lipinski definition) is 0. The number of halogens is 1. The molecule has 0 N–H and O–H groups in total. The Bertz CT molecular complexity index is 1010. The van der Waals surface area contributed by atoms with Gasteiger partial charge in [0, 0.05) is 25.2 Å². The molecule has 0 spiro atoms. The van der Waals surface area contributed by atoms with Gasteiger partial charge in [-0.05, 0) is 41.8 Å². The molecule has 0 atom stereocenters. The van der Waals surface area contributed by atoms with Gasteiger partial charge in [0.15, 0.2) is 6.61 Å². The Morgan fingerprint density at radius 2 is 1.76 bits per heavy atom. The highest BCUT2D eigenvalue weighted by Crippen LogP contribution is 2.19. The van der Waals surface area contributed by atoms with E-state index in [1.807, 2.05) is 24.3 Å². The molecular weight excluding hydrogens is 416 g/mol. The largest absolute Gasteiger partial charge is 0.455 e. The number of fused-ring (bicyclic) bond motifs is 1. The van der Waals surface area contributed by atoms with Crippen LogP contribution in [0.1, 0.15) is 11.1 Å². The second kappa shape index (κ2) is 8.94. The van der Waals surface area contributed by atoms with Crippen LogP contribution in [0.4, 0.5) is 0 Å². The van der Waals surface area contributed by atoms with Crippen LogP contribution in [0, 0.1) is 0 Å². The maximum Gasteiger partial charge on any atom is 0.321 e. The first-order chi connectivity index (χ1) is 13.8. The molecule has 0 unspecified atom stereocenters. The number of benzene rings is 2. The van der Waals surface area contributed by atoms with Gasteiger partial charge in [-0.3, -0.25) is 9.59 Å². The lowest BCUT2D eigenvalue weighted by atomic mass is 10.00. The highest BCUT2D eigenvalue weighted by Gasteiger charge is 2.25. The zero-order valence-electron chi connectivity index (χ0n) is 15.9. The third-order valence-corrected chi connectivity index (χ3v) is 6.78. The third kappa shape index (κ3) is 5.14. The van der Waals surface area contributed by atoms with Crippen LogP contribution in [0.5, 0.6) is 0 Å². The van der Waals surface area contributed by atoms with Crippen molar-refractivity contribution in [1.82, 2.24) is 9.21 Å². The van der Waals surface area contributed by atoms with Crippen molar-refractivity contribution in [2.24, 2.45) is 0 Å². The fourth-order valence-electron chi connectivity index (χ4n) is 3.04. The Kier molecular flexibility index (Phi) is 6.56. The predicted octanol–water partition coefficient (Wildman–Crippen LogP) is 2.09. The molecular formula is C20H21ClN2O5S. The summed E-state index contributed by atoms with van der Waals surface area (Å²) in [4.78, 5) is 26.0. The molecule has 2 aromatic carbocycles. The van der Waals surface area contributed by atoms with E-state index >= 15 is 0 Å². The van der Waals surface area contributed by atoms with E-state index in [0.717, 1.165) is 16.3 Å². The lowest BCUT2D eigenvalue weighted by Crippen LogP contribution is -2.39. The number of esters is 1. The average Bonchev–Trinajstić information content (AvgIpc) is 2.71. The van der Waals surface area contributed by atoms with Crippen molar-refractivity contribution in [3.8, 4) is 0 Å². The minimum Gasteiger partial charge on any atom is -0.455 e. The summed E-state index contributed by atoms with van der Waals surface area (Å²) in [5, 5.41) is 0.407. The zero-order valence-corrected chi connectivity index (χ0v) is 17.4. The summed E-state index contributed by atoms with van der Waals surface area (Å²) >= 11 is 5.77. The quantitative estimate of drug-likeness (QED) is 0.647. The fraction of sp³-hybridized carbons (Fsp3) is 0.300. The molecule has 3 rings (SSSR count). The first-order valence-electron chi connectivity index (χ1n) is 8.99. The molecule has 154 valence electrons. The maximum absolute atomic E-state index is 12.5. The summed E-state index contributed by atoms with van der Waals surface area (Å²) in [6, 6.07) is 13.5. The molecule has 1 heterocycles. The SMILES string of the molecule is CN(CC(=O)OCC(=O)N1CCc2ccccc2C1)S(=O)(=O)c1ccc(Cl)cc1. The standard InChI is InChI=1S/C20H21ClN2O5S/c1-22(29(26,27)18-8-6-17(21)7-9-18)13-20(25)28-14-19(24)23-11-10-15-4-2-3-5-16(15)12-23/h2-9H,10-14H2,1H3. The van der Waals surface area contributed by atoms with Gasteiger partial charge in [0.25, 0.3) is 5.91 Å². The van der Waals surface area contributed by atoms with Crippen molar-refractivity contribution < 1.29 is 22.7 Å². The summed E-state index contributed by atoms with van der Waals surface area (Å²) in [6.45, 7) is 0.104. The van der Waals surface area contributed by atoms with Crippen LogP contribution in [0.3, 0.4) is 0 Å². The van der Waals surface area contributed by atoms with E-state index < -0.39 is 29.1 Å². The van der Waals surface area contributed by atoms with E-state index in [1.54, 1.807) is 4.90 Å². The maximum atomic E-state index is 12.5. The second-order valence-electron chi connectivity index (χ2n) is 6.71. The number of carbonyl (C=O) groups is 2. The molecule has 0 saturated heterocycles. The number of hydrogen-bond acceptors (Lipinski definition) is 5. The van der Waals surface area contributed by atoms with Crippen LogP contribution in [0.2, 0.25) is 5.02 Å². The minimum atomic E-state index is -3.86. The van der Waals surface area contributed by atoms with Crippen molar-refractivity contribution in [2.75, 3.05) is 26.7 Å². The first-order valence-corrected chi connectivity index (χ1v) is 10.8. The van der Waals surface area contributed by atoms with Crippen LogP contribution in [-0.4, -0.2) is 56.2 Å². The molecule has 0 aromatic heterocycles. The van der Waals surface area contributed by atoms with Crippen molar-refractivity contribution in [3.63, 3.8) is 0 Å². The second-order valence-corrected chi connectivity index (χ2v) is 9.19. The normalized spacial score (nSPS) is 13.8. The van der Waals surface area contributed by atoms with Gasteiger partial charge in [0.05, 0.1) is 4.90 Å². The van der Waals surface area contributed by atoms with Gasteiger partial charge in [-0.1, -0.05) is 35.9 Å². The summed E-state index contributed by atoms with van der Waals surface area (Å²) in [7, 11) is -2.59. The Morgan fingerprint density at radius 3 is 2.45 bits per heavy atom. The molecule has 0 fully saturated rings. The molecule has 1 amide bonds. The van der Waals surface area contributed by atoms with Crippen LogP contribution >= 0.6 is 11.6 Å². The molecule has 1 aliphatic heterocycles. The molecule has 0 radical (unpaired) electrons. The smallest absolute Gasteiger partial charge is 0.321 e. The summed E-state index contributed by atoms with van der Waals surface area (Å²) < 4.78 is 30.8. The van der Waals surface area contributed by atoms with Gasteiger partial charge in [-0.15, -0.1) is 0 Å². The van der Waals surface area contributed by atoms with Gasteiger partial charge in [-0.2, -0.15) is 4.31 Å². The van der Waals surface area contributed by atoms with Gasteiger partial charge in [0.2, 0.25) is 10.0 Å². The predicted molar refractivity (Wildman–Crippen MR) is 108 cm³/mol. The third-order valence-electron chi connectivity index (χ3n) is 4.71. The Balaban J connectivity index is 1.52. The van der Waals surface area contributed by atoms with E-state index in [0.29, 0.717) is 18.1 Å². The van der Waals surface area contributed by atoms with Crippen molar-refractivity contribution >= 4 is 33.5 Å². The van der Waals surface area contributed by atoms with E-state index in [2.05, 4.69) is 0 Å². The highest BCUT2D eigenvalue weighted by molar-refractivity contribution is 7.89. The van der Waals surface area contributed by atoms with Crippen molar-refractivity contribution in [3.05, 3.63) is 64.7 Å². The monoisotopic (exact) mass is 436 g/mol. The number of amides is 1. The Labute approximate surface area is 174 Å². The minimum absolute atomic E-state index is 0.0141. The molecule has 9 heteroatoms. The summed E-state index contributed by atoms with van der Waals surface area (Å²) in [5.41, 5.74) is 2.29. The van der Waals surface area contributed by atoms with E-state index in [1.165, 1.54) is 36.9 Å². The zero-order chi connectivity index (χ0) is 21.0. The number of likely N-dealkylation sites (N-methyl/N-ethyl adjacent to an activating group) is 1. The average molecular weight is 437 g/mol. The molecule has 2 aromatic rings. The lowest BCUT2D eigenvalue weighted by molar-refractivity contribution is -0.152. The summed E-state index contributed by atoms with van der Waals surface area (Å²) in [6.07, 6.45) is 0.748. The number of rotatable bonds is 6. The fourth-order valence-corrected chi connectivity index (χ4v) is 4.28. The van der Waals surface area contributed by atoms with Gasteiger partial charge in [-0.25, -0.2) is 8.42 Å². The Morgan fingerprint density at radius 1 is 1.10 bits per heavy atom. The molecule has 1 aliphatic rings. The van der Waals surface area contributed by atoms with Crippen molar-refractivity contribution in [1.29, 1.82) is 0 Å². The van der Waals surface area contributed by atoms with Gasteiger partial charge < -0.3 is 9.64 Å². The highest BCUT2D eigenvalue weighted by atomic mass is 35.5. The van der Waals surface area contributed by atoms with E-state index in [-0.39, 0.29) is 10.8 Å². The van der Waals surface area contributed by atoms with Crippen LogP contribution in [0.25, 0.3) is 0 Å². The van der Waals surface area contributed by atoms with Crippen LogP contribution < -0.4 is 0 Å². The molecule has 0 bridgehead atoms. The molecule has 29 heavy (non-hydrogen) atoms. The number of ether oxygens (including phenoxy) is 1. The molecule has 7 nitrogen and oxygen atoms in total. The van der Waals surface area contributed by atoms with Crippen molar-refractivity contribution in [2.45, 2.75) is 17.9 Å². The number of carbonyl (C=O) groups excluding carboxylic acids is 2. The number of sulfonamides is 1. The topological polar surface area (TPSA) is 84.0 Å². The Hall–Kier alpha value is -2.42. The van der Waals surface area contributed by atoms with Gasteiger partial charge >= 0.3 is 5.97 Å². The first kappa shape index (κ1) is 21.3. The van der Waals surface area contributed by atoms with E-state index in [9.17, 15) is 18.0 Å². The molecule has 0 saturated carbocycles. The lowest BCUT2D eigenvalue weighted by Gasteiger charge is -2.28. The van der Waals surface area contributed by atoms with E-state index in [4.69, 9.17) is 16.3 Å². The number of nitrogens with zero attached hydrogens (tertiary/aromatic N) is 2. The van der Waals surface area contributed by atoms with Crippen LogP contribution in [0.15, 0.2) is 53.4 Å². The van der Waals surface area contributed by atoms with Gasteiger partial charge in [0.1, 0.15) is 6.54 Å². The van der Waals surface area contributed by atoms with Crippen LogP contribution in [-0.2, 0) is 37.3 Å². The summed E-state index contributed by atoms with van der Waals surface area (Å²) in [5.74, 6) is -1.10. The molecule has 0 aliphatic carbocycles.